The molecule has 4 heteroatoms. The fraction of sp³-hybridized carbons (Fsp3) is 0.571. The number of aliphatic hydroxyl groups excluding tert-OH is 1. The predicted molar refractivity (Wildman–Crippen MR) is 72.2 cm³/mol. The van der Waals surface area contributed by atoms with E-state index in [2.05, 4.69) is 12.2 Å². The molecule has 1 aromatic rings. The Labute approximate surface area is 109 Å². The standard InChI is InChI=1S/C14H23NO3/c1-4-12(16)10-18-14-8-11(9-15-5-2)6-7-13(14)17-3/h6-8,12,15-16H,4-5,9-10H2,1-3H3. The Bertz CT molecular complexity index is 355. The van der Waals surface area contributed by atoms with Crippen LogP contribution in [0.2, 0.25) is 0 Å². The highest BCUT2D eigenvalue weighted by atomic mass is 16.5. The number of ether oxygens (including phenoxy) is 2. The van der Waals surface area contributed by atoms with Gasteiger partial charge in [0.2, 0.25) is 0 Å². The van der Waals surface area contributed by atoms with Crippen molar-refractivity contribution in [2.24, 2.45) is 0 Å². The first-order chi connectivity index (χ1) is 8.71. The number of nitrogens with one attached hydrogen (secondary N) is 1. The third-order valence-corrected chi connectivity index (χ3v) is 2.71. The highest BCUT2D eigenvalue weighted by Gasteiger charge is 2.08. The molecular formula is C14H23NO3. The Kier molecular flexibility index (Phi) is 6.54. The van der Waals surface area contributed by atoms with E-state index in [4.69, 9.17) is 9.47 Å². The first-order valence-electron chi connectivity index (χ1n) is 6.39. The van der Waals surface area contributed by atoms with Gasteiger partial charge in [-0.05, 0) is 30.7 Å². The molecule has 0 heterocycles. The second kappa shape index (κ2) is 7.95. The zero-order valence-electron chi connectivity index (χ0n) is 11.4. The Morgan fingerprint density at radius 1 is 1.28 bits per heavy atom. The third-order valence-electron chi connectivity index (χ3n) is 2.71. The van der Waals surface area contributed by atoms with Gasteiger partial charge in [-0.15, -0.1) is 0 Å². The maximum atomic E-state index is 9.52. The van der Waals surface area contributed by atoms with Gasteiger partial charge in [-0.2, -0.15) is 0 Å². The van der Waals surface area contributed by atoms with Crippen LogP contribution in [0.3, 0.4) is 0 Å². The van der Waals surface area contributed by atoms with Gasteiger partial charge in [-0.1, -0.05) is 19.9 Å². The number of hydrogen-bond acceptors (Lipinski definition) is 4. The summed E-state index contributed by atoms with van der Waals surface area (Å²) in [6.07, 6.45) is 0.242. The van der Waals surface area contributed by atoms with E-state index in [1.807, 2.05) is 25.1 Å². The molecule has 0 saturated heterocycles. The molecule has 0 aliphatic carbocycles. The van der Waals surface area contributed by atoms with Crippen molar-refractivity contribution in [3.63, 3.8) is 0 Å². The fourth-order valence-corrected chi connectivity index (χ4v) is 1.52. The molecule has 0 spiro atoms. The second-order valence-corrected chi connectivity index (χ2v) is 4.14. The van der Waals surface area contributed by atoms with Crippen LogP contribution >= 0.6 is 0 Å². The molecular weight excluding hydrogens is 230 g/mol. The van der Waals surface area contributed by atoms with E-state index in [1.165, 1.54) is 0 Å². The van der Waals surface area contributed by atoms with E-state index >= 15 is 0 Å². The van der Waals surface area contributed by atoms with Crippen LogP contribution < -0.4 is 14.8 Å². The average Bonchev–Trinajstić information content (AvgIpc) is 2.42. The molecule has 0 aromatic heterocycles. The molecule has 0 radical (unpaired) electrons. The summed E-state index contributed by atoms with van der Waals surface area (Å²) < 4.78 is 10.8. The zero-order chi connectivity index (χ0) is 13.4. The molecule has 18 heavy (non-hydrogen) atoms. The molecule has 2 N–H and O–H groups in total. The summed E-state index contributed by atoms with van der Waals surface area (Å²) in [5.41, 5.74) is 1.14. The number of aliphatic hydroxyl groups is 1. The quantitative estimate of drug-likeness (QED) is 0.743. The molecule has 1 unspecified atom stereocenters. The van der Waals surface area contributed by atoms with Gasteiger partial charge in [-0.25, -0.2) is 0 Å². The zero-order valence-corrected chi connectivity index (χ0v) is 11.4. The molecule has 1 aromatic carbocycles. The van der Waals surface area contributed by atoms with Gasteiger partial charge < -0.3 is 19.9 Å². The van der Waals surface area contributed by atoms with E-state index < -0.39 is 6.10 Å². The van der Waals surface area contributed by atoms with Crippen LogP contribution in [0.1, 0.15) is 25.8 Å². The van der Waals surface area contributed by atoms with E-state index in [-0.39, 0.29) is 6.61 Å². The molecule has 0 bridgehead atoms. The molecule has 0 fully saturated rings. The molecule has 4 nitrogen and oxygen atoms in total. The molecule has 102 valence electrons. The van der Waals surface area contributed by atoms with E-state index in [1.54, 1.807) is 7.11 Å². The monoisotopic (exact) mass is 253 g/mol. The van der Waals surface area contributed by atoms with Crippen molar-refractivity contribution >= 4 is 0 Å². The van der Waals surface area contributed by atoms with Gasteiger partial charge in [0.25, 0.3) is 0 Å². The lowest BCUT2D eigenvalue weighted by molar-refractivity contribution is 0.102. The van der Waals surface area contributed by atoms with Gasteiger partial charge in [0.15, 0.2) is 11.5 Å². The molecule has 0 amide bonds. The van der Waals surface area contributed by atoms with Crippen LogP contribution in [-0.4, -0.2) is 31.5 Å². The molecule has 1 atom stereocenters. The van der Waals surface area contributed by atoms with Crippen molar-refractivity contribution in [2.75, 3.05) is 20.3 Å². The molecule has 1 rings (SSSR count). The third kappa shape index (κ3) is 4.55. The fourth-order valence-electron chi connectivity index (χ4n) is 1.52. The Balaban J connectivity index is 2.71. The largest absolute Gasteiger partial charge is 0.493 e. The van der Waals surface area contributed by atoms with Crippen LogP contribution in [0.5, 0.6) is 11.5 Å². The van der Waals surface area contributed by atoms with Gasteiger partial charge in [0.1, 0.15) is 6.61 Å². The summed E-state index contributed by atoms with van der Waals surface area (Å²) in [6, 6.07) is 5.84. The first kappa shape index (κ1) is 14.8. The summed E-state index contributed by atoms with van der Waals surface area (Å²) in [6.45, 7) is 6.01. The molecule has 0 aliphatic rings. The lowest BCUT2D eigenvalue weighted by atomic mass is 10.2. The molecule has 0 saturated carbocycles. The smallest absolute Gasteiger partial charge is 0.161 e. The minimum atomic E-state index is -0.438. The lowest BCUT2D eigenvalue weighted by Crippen LogP contribution is -2.17. The van der Waals surface area contributed by atoms with Gasteiger partial charge in [0.05, 0.1) is 13.2 Å². The minimum absolute atomic E-state index is 0.289. The Morgan fingerprint density at radius 2 is 2.06 bits per heavy atom. The average molecular weight is 253 g/mol. The van der Waals surface area contributed by atoms with Gasteiger partial charge >= 0.3 is 0 Å². The van der Waals surface area contributed by atoms with Crippen LogP contribution in [0.25, 0.3) is 0 Å². The van der Waals surface area contributed by atoms with Gasteiger partial charge in [0, 0.05) is 6.54 Å². The van der Waals surface area contributed by atoms with Gasteiger partial charge in [-0.3, -0.25) is 0 Å². The van der Waals surface area contributed by atoms with Crippen LogP contribution in [0, 0.1) is 0 Å². The Morgan fingerprint density at radius 3 is 2.67 bits per heavy atom. The van der Waals surface area contributed by atoms with Crippen LogP contribution in [-0.2, 0) is 6.54 Å². The van der Waals surface area contributed by atoms with E-state index in [9.17, 15) is 5.11 Å². The predicted octanol–water partition coefficient (Wildman–Crippen LogP) is 1.95. The van der Waals surface area contributed by atoms with E-state index in [0.717, 1.165) is 18.7 Å². The highest BCUT2D eigenvalue weighted by Crippen LogP contribution is 2.28. The SMILES string of the molecule is CCNCc1ccc(OC)c(OCC(O)CC)c1. The Hall–Kier alpha value is -1.26. The van der Waals surface area contributed by atoms with Crippen LogP contribution in [0.4, 0.5) is 0 Å². The van der Waals surface area contributed by atoms with Crippen molar-refractivity contribution in [1.82, 2.24) is 5.32 Å². The van der Waals surface area contributed by atoms with Crippen molar-refractivity contribution in [2.45, 2.75) is 32.9 Å². The summed E-state index contributed by atoms with van der Waals surface area (Å²) >= 11 is 0. The number of rotatable bonds is 8. The number of methoxy groups -OCH3 is 1. The maximum absolute atomic E-state index is 9.52. The minimum Gasteiger partial charge on any atom is -0.493 e. The van der Waals surface area contributed by atoms with Crippen LogP contribution in [0.15, 0.2) is 18.2 Å². The summed E-state index contributed by atoms with van der Waals surface area (Å²) in [5.74, 6) is 1.37. The highest BCUT2D eigenvalue weighted by molar-refractivity contribution is 5.42. The number of hydrogen-bond donors (Lipinski definition) is 2. The number of benzene rings is 1. The van der Waals surface area contributed by atoms with Crippen molar-refractivity contribution in [3.05, 3.63) is 23.8 Å². The second-order valence-electron chi connectivity index (χ2n) is 4.14. The van der Waals surface area contributed by atoms with E-state index in [0.29, 0.717) is 17.9 Å². The summed E-state index contributed by atoms with van der Waals surface area (Å²) in [5, 5.41) is 12.8. The topological polar surface area (TPSA) is 50.7 Å². The maximum Gasteiger partial charge on any atom is 0.161 e. The van der Waals surface area contributed by atoms with Crippen molar-refractivity contribution < 1.29 is 14.6 Å². The summed E-state index contributed by atoms with van der Waals surface area (Å²) in [4.78, 5) is 0. The molecule has 0 aliphatic heterocycles. The summed E-state index contributed by atoms with van der Waals surface area (Å²) in [7, 11) is 1.61. The lowest BCUT2D eigenvalue weighted by Gasteiger charge is -2.14. The first-order valence-corrected chi connectivity index (χ1v) is 6.39. The van der Waals surface area contributed by atoms with Crippen molar-refractivity contribution in [3.8, 4) is 11.5 Å². The normalized spacial score (nSPS) is 12.2. The van der Waals surface area contributed by atoms with Crippen molar-refractivity contribution in [1.29, 1.82) is 0 Å².